The Morgan fingerprint density at radius 1 is 0.929 bits per heavy atom. The summed E-state index contributed by atoms with van der Waals surface area (Å²) in [5.74, 6) is 1.42. The molecule has 0 amide bonds. The molecule has 5 nitrogen and oxygen atoms in total. The molecule has 0 radical (unpaired) electrons. The molecule has 0 atom stereocenters. The van der Waals surface area contributed by atoms with Crippen LogP contribution in [0.1, 0.15) is 12.8 Å². The lowest BCUT2D eigenvalue weighted by Crippen LogP contribution is -2.44. The summed E-state index contributed by atoms with van der Waals surface area (Å²) in [7, 11) is 0. The highest BCUT2D eigenvalue weighted by molar-refractivity contribution is 5.74. The third-order valence-corrected chi connectivity index (χ3v) is 5.13. The Labute approximate surface area is 164 Å². The van der Waals surface area contributed by atoms with Crippen molar-refractivity contribution in [3.8, 4) is 0 Å². The first-order chi connectivity index (χ1) is 13.7. The summed E-state index contributed by atoms with van der Waals surface area (Å²) in [6, 6.07) is 20.0. The van der Waals surface area contributed by atoms with E-state index in [1.165, 1.54) is 0 Å². The molecule has 4 rings (SSSR count). The van der Waals surface area contributed by atoms with Crippen LogP contribution < -0.4 is 9.80 Å². The molecule has 144 valence electrons. The maximum Gasteiger partial charge on any atom is 0.158 e. The van der Waals surface area contributed by atoms with Gasteiger partial charge >= 0.3 is 0 Å². The summed E-state index contributed by atoms with van der Waals surface area (Å²) < 4.78 is 14.3. The number of alkyl halides is 1. The first-order valence-electron chi connectivity index (χ1n) is 9.46. The van der Waals surface area contributed by atoms with Gasteiger partial charge in [-0.25, -0.2) is 9.37 Å². The van der Waals surface area contributed by atoms with E-state index in [2.05, 4.69) is 4.98 Å². The number of rotatable bonds is 5. The standard InChI is InChI=1S/C22H23FN4O/c23-22(17-28)11-13-26(14-12-22)20-15-24-16-21(25-20)27(18-7-3-1-4-8-18)19-9-5-2-6-10-19/h1-10,15-16,28H,11-14,17H2. The van der Waals surface area contributed by atoms with Gasteiger partial charge < -0.3 is 10.0 Å². The molecule has 0 aliphatic carbocycles. The van der Waals surface area contributed by atoms with Crippen LogP contribution in [0.25, 0.3) is 0 Å². The van der Waals surface area contributed by atoms with Gasteiger partial charge in [0.1, 0.15) is 11.5 Å². The van der Waals surface area contributed by atoms with Gasteiger partial charge in [0, 0.05) is 37.3 Å². The smallest absolute Gasteiger partial charge is 0.158 e. The second kappa shape index (κ2) is 7.94. The van der Waals surface area contributed by atoms with Gasteiger partial charge in [0.05, 0.1) is 19.0 Å². The Balaban J connectivity index is 1.66. The van der Waals surface area contributed by atoms with Crippen LogP contribution in [-0.2, 0) is 0 Å². The summed E-state index contributed by atoms with van der Waals surface area (Å²) in [6.45, 7) is 0.583. The number of aliphatic hydroxyl groups excluding tert-OH is 1. The van der Waals surface area contributed by atoms with E-state index in [0.29, 0.717) is 24.7 Å². The highest BCUT2D eigenvalue weighted by Crippen LogP contribution is 2.34. The SMILES string of the molecule is OCC1(F)CCN(c2cncc(N(c3ccccc3)c3ccccc3)n2)CC1. The van der Waals surface area contributed by atoms with Crippen LogP contribution in [0.3, 0.4) is 0 Å². The summed E-state index contributed by atoms with van der Waals surface area (Å²) in [6.07, 6.45) is 4.02. The van der Waals surface area contributed by atoms with Crippen molar-refractivity contribution in [3.63, 3.8) is 0 Å². The molecule has 2 heterocycles. The van der Waals surface area contributed by atoms with Gasteiger partial charge in [0.25, 0.3) is 0 Å². The lowest BCUT2D eigenvalue weighted by Gasteiger charge is -2.36. The number of aromatic nitrogens is 2. The Kier molecular flexibility index (Phi) is 5.21. The highest BCUT2D eigenvalue weighted by atomic mass is 19.1. The van der Waals surface area contributed by atoms with Crippen LogP contribution in [0.4, 0.5) is 27.4 Å². The first-order valence-corrected chi connectivity index (χ1v) is 9.46. The van der Waals surface area contributed by atoms with Gasteiger partial charge in [-0.15, -0.1) is 0 Å². The predicted octanol–water partition coefficient (Wildman–Crippen LogP) is 4.25. The van der Waals surface area contributed by atoms with E-state index >= 15 is 0 Å². The normalized spacial score (nSPS) is 16.0. The molecule has 1 N–H and O–H groups in total. The second-order valence-electron chi connectivity index (χ2n) is 7.04. The molecular formula is C22H23FN4O. The maximum atomic E-state index is 14.3. The van der Waals surface area contributed by atoms with Crippen LogP contribution in [0.15, 0.2) is 73.1 Å². The number of benzene rings is 2. The second-order valence-corrected chi connectivity index (χ2v) is 7.04. The lowest BCUT2D eigenvalue weighted by atomic mass is 9.94. The Bertz CT molecular complexity index is 859. The van der Waals surface area contributed by atoms with Crippen LogP contribution in [0, 0.1) is 0 Å². The van der Waals surface area contributed by atoms with Gasteiger partial charge in [-0.3, -0.25) is 9.88 Å². The fourth-order valence-corrected chi connectivity index (χ4v) is 3.47. The quantitative estimate of drug-likeness (QED) is 0.719. The molecule has 0 unspecified atom stereocenters. The zero-order chi connectivity index (χ0) is 19.4. The van der Waals surface area contributed by atoms with Crippen molar-refractivity contribution < 1.29 is 9.50 Å². The number of nitrogens with zero attached hydrogens (tertiary/aromatic N) is 4. The largest absolute Gasteiger partial charge is 0.393 e. The molecule has 1 aliphatic heterocycles. The highest BCUT2D eigenvalue weighted by Gasteiger charge is 2.34. The molecule has 1 aromatic heterocycles. The van der Waals surface area contributed by atoms with Crippen molar-refractivity contribution >= 4 is 23.0 Å². The molecule has 1 saturated heterocycles. The fourth-order valence-electron chi connectivity index (χ4n) is 3.47. The van der Waals surface area contributed by atoms with Crippen LogP contribution in [-0.4, -0.2) is 40.4 Å². The first kappa shape index (κ1) is 18.4. The Hall–Kier alpha value is -2.99. The van der Waals surface area contributed by atoms with Gasteiger partial charge in [-0.2, -0.15) is 0 Å². The maximum absolute atomic E-state index is 14.3. The minimum Gasteiger partial charge on any atom is -0.393 e. The Morgan fingerprint density at radius 2 is 1.50 bits per heavy atom. The average molecular weight is 378 g/mol. The number of halogens is 1. The molecule has 28 heavy (non-hydrogen) atoms. The molecular weight excluding hydrogens is 355 g/mol. The van der Waals surface area contributed by atoms with E-state index in [4.69, 9.17) is 4.98 Å². The molecule has 0 saturated carbocycles. The fraction of sp³-hybridized carbons (Fsp3) is 0.273. The van der Waals surface area contributed by atoms with Crippen molar-refractivity contribution in [1.29, 1.82) is 0 Å². The zero-order valence-electron chi connectivity index (χ0n) is 15.6. The topological polar surface area (TPSA) is 52.5 Å². The predicted molar refractivity (Wildman–Crippen MR) is 109 cm³/mol. The van der Waals surface area contributed by atoms with E-state index in [1.54, 1.807) is 12.4 Å². The van der Waals surface area contributed by atoms with Gasteiger partial charge in [-0.1, -0.05) is 36.4 Å². The number of para-hydroxylation sites is 2. The molecule has 0 bridgehead atoms. The van der Waals surface area contributed by atoms with Gasteiger partial charge in [0.15, 0.2) is 5.82 Å². The number of hydrogen-bond donors (Lipinski definition) is 1. The van der Waals surface area contributed by atoms with Crippen molar-refractivity contribution in [3.05, 3.63) is 73.1 Å². The number of piperidine rings is 1. The minimum absolute atomic E-state index is 0.288. The number of anilines is 4. The van der Waals surface area contributed by atoms with Crippen LogP contribution in [0.2, 0.25) is 0 Å². The molecule has 3 aromatic rings. The number of hydrogen-bond acceptors (Lipinski definition) is 5. The zero-order valence-corrected chi connectivity index (χ0v) is 15.6. The minimum atomic E-state index is -1.48. The summed E-state index contributed by atoms with van der Waals surface area (Å²) >= 11 is 0. The van der Waals surface area contributed by atoms with Gasteiger partial charge in [0.2, 0.25) is 0 Å². The summed E-state index contributed by atoms with van der Waals surface area (Å²) in [4.78, 5) is 13.3. The molecule has 0 spiro atoms. The Morgan fingerprint density at radius 3 is 2.04 bits per heavy atom. The van der Waals surface area contributed by atoms with Crippen molar-refractivity contribution in [2.24, 2.45) is 0 Å². The van der Waals surface area contributed by atoms with E-state index in [9.17, 15) is 9.50 Å². The molecule has 6 heteroatoms. The third-order valence-electron chi connectivity index (χ3n) is 5.13. The summed E-state index contributed by atoms with van der Waals surface area (Å²) in [5.41, 5.74) is 0.491. The monoisotopic (exact) mass is 378 g/mol. The van der Waals surface area contributed by atoms with Gasteiger partial charge in [-0.05, 0) is 24.3 Å². The van der Waals surface area contributed by atoms with Crippen molar-refractivity contribution in [1.82, 2.24) is 9.97 Å². The van der Waals surface area contributed by atoms with E-state index < -0.39 is 12.3 Å². The van der Waals surface area contributed by atoms with E-state index in [0.717, 1.165) is 11.4 Å². The third kappa shape index (κ3) is 3.82. The summed E-state index contributed by atoms with van der Waals surface area (Å²) in [5, 5.41) is 9.25. The molecule has 1 aliphatic rings. The van der Waals surface area contributed by atoms with E-state index in [1.807, 2.05) is 70.5 Å². The van der Waals surface area contributed by atoms with Crippen LogP contribution >= 0.6 is 0 Å². The number of aliphatic hydroxyl groups is 1. The molecule has 2 aromatic carbocycles. The van der Waals surface area contributed by atoms with Crippen molar-refractivity contribution in [2.45, 2.75) is 18.5 Å². The van der Waals surface area contributed by atoms with Crippen molar-refractivity contribution in [2.75, 3.05) is 29.5 Å². The lowest BCUT2D eigenvalue weighted by molar-refractivity contribution is 0.0480. The van der Waals surface area contributed by atoms with E-state index in [-0.39, 0.29) is 12.8 Å². The van der Waals surface area contributed by atoms with Crippen LogP contribution in [0.5, 0.6) is 0 Å². The average Bonchev–Trinajstić information content (AvgIpc) is 2.76. The molecule has 1 fully saturated rings.